The fraction of sp³-hybridized carbons (Fsp3) is 0.643. The molecule has 0 radical (unpaired) electrons. The smallest absolute Gasteiger partial charge is 0.115 e. The molecule has 0 bridgehead atoms. The zero-order valence-electron chi connectivity index (χ0n) is 10.9. The predicted molar refractivity (Wildman–Crippen MR) is 79.4 cm³/mol. The minimum Gasteiger partial charge on any atom is -0.313 e. The molecule has 2 atom stereocenters. The van der Waals surface area contributed by atoms with Crippen LogP contribution >= 0.6 is 23.4 Å². The van der Waals surface area contributed by atoms with Crippen molar-refractivity contribution in [2.75, 3.05) is 6.54 Å². The lowest BCUT2D eigenvalue weighted by atomic mass is 9.95. The van der Waals surface area contributed by atoms with Crippen molar-refractivity contribution < 1.29 is 0 Å². The Hall–Kier alpha value is -0.250. The number of halogens is 1. The van der Waals surface area contributed by atoms with E-state index >= 15 is 0 Å². The minimum absolute atomic E-state index is 0.609. The predicted octanol–water partition coefficient (Wildman–Crippen LogP) is 4.14. The quantitative estimate of drug-likeness (QED) is 0.880. The largest absolute Gasteiger partial charge is 0.313 e. The Labute approximate surface area is 119 Å². The van der Waals surface area contributed by atoms with Gasteiger partial charge in [0.05, 0.1) is 5.02 Å². The molecule has 1 fully saturated rings. The third-order valence-corrected chi connectivity index (χ3v) is 5.18. The molecule has 4 heteroatoms. The summed E-state index contributed by atoms with van der Waals surface area (Å²) in [4.78, 5) is 4.39. The van der Waals surface area contributed by atoms with Crippen LogP contribution in [0, 0.1) is 0 Å². The molecule has 1 aliphatic carbocycles. The second-order valence-electron chi connectivity index (χ2n) is 4.79. The highest BCUT2D eigenvalue weighted by Crippen LogP contribution is 2.35. The average molecular weight is 285 g/mol. The molecular formula is C14H21ClN2S. The molecule has 2 unspecified atom stereocenters. The molecule has 0 spiro atoms. The van der Waals surface area contributed by atoms with Crippen molar-refractivity contribution in [2.24, 2.45) is 0 Å². The monoisotopic (exact) mass is 284 g/mol. The number of nitrogens with one attached hydrogen (secondary N) is 1. The van der Waals surface area contributed by atoms with Crippen molar-refractivity contribution in [3.8, 4) is 0 Å². The van der Waals surface area contributed by atoms with Crippen molar-refractivity contribution in [3.05, 3.63) is 23.4 Å². The van der Waals surface area contributed by atoms with Gasteiger partial charge in [0.1, 0.15) is 5.03 Å². The Morgan fingerprint density at radius 2 is 2.28 bits per heavy atom. The summed E-state index contributed by atoms with van der Waals surface area (Å²) in [6.07, 6.45) is 8.23. The summed E-state index contributed by atoms with van der Waals surface area (Å²) < 4.78 is 0. The van der Waals surface area contributed by atoms with E-state index in [1.165, 1.54) is 32.1 Å². The van der Waals surface area contributed by atoms with Gasteiger partial charge in [0.15, 0.2) is 0 Å². The van der Waals surface area contributed by atoms with Gasteiger partial charge in [-0.05, 0) is 37.9 Å². The van der Waals surface area contributed by atoms with E-state index in [0.29, 0.717) is 11.3 Å². The molecule has 0 aromatic carbocycles. The van der Waals surface area contributed by atoms with Gasteiger partial charge >= 0.3 is 0 Å². The van der Waals surface area contributed by atoms with E-state index < -0.39 is 0 Å². The van der Waals surface area contributed by atoms with Gasteiger partial charge in [-0.2, -0.15) is 0 Å². The van der Waals surface area contributed by atoms with Gasteiger partial charge in [0, 0.05) is 17.5 Å². The Morgan fingerprint density at radius 3 is 3.06 bits per heavy atom. The highest BCUT2D eigenvalue weighted by Gasteiger charge is 2.26. The molecule has 1 aromatic rings. The zero-order valence-corrected chi connectivity index (χ0v) is 12.4. The second kappa shape index (κ2) is 7.37. The maximum Gasteiger partial charge on any atom is 0.115 e. The summed E-state index contributed by atoms with van der Waals surface area (Å²) in [7, 11) is 0. The van der Waals surface area contributed by atoms with Crippen molar-refractivity contribution >= 4 is 23.4 Å². The van der Waals surface area contributed by atoms with E-state index in [0.717, 1.165) is 16.6 Å². The molecule has 100 valence electrons. The first-order valence-corrected chi connectivity index (χ1v) is 8.07. The number of rotatable bonds is 5. The fourth-order valence-electron chi connectivity index (χ4n) is 2.40. The average Bonchev–Trinajstić information content (AvgIpc) is 2.40. The van der Waals surface area contributed by atoms with Crippen LogP contribution in [0.2, 0.25) is 5.02 Å². The number of aromatic nitrogens is 1. The van der Waals surface area contributed by atoms with Crippen LogP contribution in [0.4, 0.5) is 0 Å². The van der Waals surface area contributed by atoms with Crippen molar-refractivity contribution in [3.63, 3.8) is 0 Å². The number of hydrogen-bond acceptors (Lipinski definition) is 3. The summed E-state index contributed by atoms with van der Waals surface area (Å²) in [6.45, 7) is 3.32. The maximum absolute atomic E-state index is 6.19. The van der Waals surface area contributed by atoms with Crippen LogP contribution in [0.3, 0.4) is 0 Å². The maximum atomic E-state index is 6.19. The SMILES string of the molecule is CCCNC1CCCCC1Sc1ncccc1Cl. The lowest BCUT2D eigenvalue weighted by Gasteiger charge is -2.31. The Morgan fingerprint density at radius 1 is 1.44 bits per heavy atom. The third-order valence-electron chi connectivity index (χ3n) is 3.35. The molecule has 1 N–H and O–H groups in total. The van der Waals surface area contributed by atoms with E-state index in [4.69, 9.17) is 11.6 Å². The molecule has 0 amide bonds. The molecule has 18 heavy (non-hydrogen) atoms. The first kappa shape index (κ1) is 14.2. The molecule has 1 heterocycles. The Kier molecular flexibility index (Phi) is 5.80. The van der Waals surface area contributed by atoms with Gasteiger partial charge in [0.25, 0.3) is 0 Å². The molecule has 1 aromatic heterocycles. The highest BCUT2D eigenvalue weighted by atomic mass is 35.5. The normalized spacial score (nSPS) is 24.1. The van der Waals surface area contributed by atoms with Crippen LogP contribution in [0.25, 0.3) is 0 Å². The molecule has 1 saturated carbocycles. The van der Waals surface area contributed by atoms with Gasteiger partial charge in [0.2, 0.25) is 0 Å². The molecule has 1 aliphatic rings. The van der Waals surface area contributed by atoms with Gasteiger partial charge in [-0.25, -0.2) is 4.98 Å². The van der Waals surface area contributed by atoms with Crippen molar-refractivity contribution in [2.45, 2.75) is 55.3 Å². The van der Waals surface area contributed by atoms with Crippen molar-refractivity contribution in [1.82, 2.24) is 10.3 Å². The fourth-order valence-corrected chi connectivity index (χ4v) is 3.93. The van der Waals surface area contributed by atoms with Crippen LogP contribution in [-0.2, 0) is 0 Å². The van der Waals surface area contributed by atoms with Gasteiger partial charge < -0.3 is 5.32 Å². The standard InChI is InChI=1S/C14H21ClN2S/c1-2-9-16-12-7-3-4-8-13(12)18-14-11(15)6-5-10-17-14/h5-6,10,12-13,16H,2-4,7-9H2,1H3. The molecule has 2 rings (SSSR count). The van der Waals surface area contributed by atoms with Gasteiger partial charge in [-0.1, -0.05) is 43.1 Å². The van der Waals surface area contributed by atoms with Crippen LogP contribution in [0.1, 0.15) is 39.0 Å². The summed E-state index contributed by atoms with van der Waals surface area (Å²) in [5, 5.41) is 6.04. The number of nitrogens with zero attached hydrogens (tertiary/aromatic N) is 1. The van der Waals surface area contributed by atoms with Gasteiger partial charge in [-0.3, -0.25) is 0 Å². The Bertz CT molecular complexity index is 373. The van der Waals surface area contributed by atoms with Crippen LogP contribution in [-0.4, -0.2) is 22.8 Å². The number of pyridine rings is 1. The lowest BCUT2D eigenvalue weighted by molar-refractivity contribution is 0.384. The molecule has 2 nitrogen and oxygen atoms in total. The summed E-state index contributed by atoms with van der Waals surface area (Å²) in [5.41, 5.74) is 0. The van der Waals surface area contributed by atoms with E-state index in [9.17, 15) is 0 Å². The number of hydrogen-bond donors (Lipinski definition) is 1. The molecule has 0 aliphatic heterocycles. The second-order valence-corrected chi connectivity index (χ2v) is 6.43. The first-order valence-electron chi connectivity index (χ1n) is 6.82. The van der Waals surface area contributed by atoms with Crippen LogP contribution in [0.5, 0.6) is 0 Å². The van der Waals surface area contributed by atoms with Crippen LogP contribution in [0.15, 0.2) is 23.4 Å². The summed E-state index contributed by atoms with van der Waals surface area (Å²) in [5.74, 6) is 0. The van der Waals surface area contributed by atoms with Crippen molar-refractivity contribution in [1.29, 1.82) is 0 Å². The lowest BCUT2D eigenvalue weighted by Crippen LogP contribution is -2.40. The van der Waals surface area contributed by atoms with E-state index in [-0.39, 0.29) is 0 Å². The van der Waals surface area contributed by atoms with E-state index in [2.05, 4.69) is 17.2 Å². The molecular weight excluding hydrogens is 264 g/mol. The minimum atomic E-state index is 0.609. The molecule has 0 saturated heterocycles. The number of thioether (sulfide) groups is 1. The van der Waals surface area contributed by atoms with E-state index in [1.54, 1.807) is 0 Å². The Balaban J connectivity index is 1.98. The third kappa shape index (κ3) is 3.87. The topological polar surface area (TPSA) is 24.9 Å². The first-order chi connectivity index (χ1) is 8.81. The summed E-state index contributed by atoms with van der Waals surface area (Å²) in [6, 6.07) is 4.43. The van der Waals surface area contributed by atoms with Crippen LogP contribution < -0.4 is 5.32 Å². The highest BCUT2D eigenvalue weighted by molar-refractivity contribution is 8.00. The summed E-state index contributed by atoms with van der Waals surface area (Å²) >= 11 is 8.04. The zero-order chi connectivity index (χ0) is 12.8. The van der Waals surface area contributed by atoms with E-state index in [1.807, 2.05) is 30.1 Å². The van der Waals surface area contributed by atoms with Gasteiger partial charge in [-0.15, -0.1) is 0 Å².